The number of hydrogen-bond acceptors (Lipinski definition) is 5. The maximum Gasteiger partial charge on any atom is 0.417 e. The number of nitrogens with one attached hydrogen (secondary N) is 2. The number of urea groups is 1. The second-order valence-corrected chi connectivity index (χ2v) is 8.74. The number of benzene rings is 2. The van der Waals surface area contributed by atoms with E-state index < -0.39 is 35.1 Å². The van der Waals surface area contributed by atoms with Crippen molar-refractivity contribution >= 4 is 40.5 Å². The van der Waals surface area contributed by atoms with Gasteiger partial charge in [0.15, 0.2) is 11.6 Å². The van der Waals surface area contributed by atoms with E-state index in [4.69, 9.17) is 16.7 Å². The van der Waals surface area contributed by atoms with Crippen LogP contribution >= 0.6 is 11.6 Å². The van der Waals surface area contributed by atoms with Crippen LogP contribution in [-0.4, -0.2) is 48.9 Å². The summed E-state index contributed by atoms with van der Waals surface area (Å²) in [6, 6.07) is 5.98. The van der Waals surface area contributed by atoms with Crippen LogP contribution in [0.15, 0.2) is 42.6 Å². The fraction of sp³-hybridized carbons (Fsp3) is 0.280. The molecule has 0 atom stereocenters. The maximum atomic E-state index is 15.5. The smallest absolute Gasteiger partial charge is 0.395 e. The molecule has 1 aromatic heterocycles. The van der Waals surface area contributed by atoms with E-state index in [0.29, 0.717) is 25.8 Å². The number of fused-ring (bicyclic) bond motifs is 3. The van der Waals surface area contributed by atoms with Gasteiger partial charge in [0.25, 0.3) is 0 Å². The molecule has 2 amide bonds. The van der Waals surface area contributed by atoms with Crippen molar-refractivity contribution in [1.29, 1.82) is 0 Å². The van der Waals surface area contributed by atoms with Crippen LogP contribution in [0.2, 0.25) is 5.02 Å². The molecule has 202 valence electrons. The maximum absolute atomic E-state index is 15.5. The lowest BCUT2D eigenvalue weighted by Crippen LogP contribution is -2.41. The standard InChI is InChI=1S/C25H23ClF5N5O2/c1-2-35-23-18(9-14(13-34-23)25(29,30)31)17-4-3-15(26)10-21(17)36(24(35)38)22-19(27)11-16(12-20(22)28)33-6-5-32-7-8-37/h3-4,9-13,32-33,37H,2,5-8H2,1H3. The molecule has 4 rings (SSSR count). The van der Waals surface area contributed by atoms with Gasteiger partial charge in [0.2, 0.25) is 0 Å². The van der Waals surface area contributed by atoms with Gasteiger partial charge in [0, 0.05) is 54.2 Å². The molecular weight excluding hydrogens is 533 g/mol. The first-order valence-corrected chi connectivity index (χ1v) is 12.0. The number of carbonyl (C=O) groups is 1. The lowest BCUT2D eigenvalue weighted by atomic mass is 10.0. The number of rotatable bonds is 8. The van der Waals surface area contributed by atoms with E-state index in [1.165, 1.54) is 18.2 Å². The van der Waals surface area contributed by atoms with E-state index in [0.717, 1.165) is 28.0 Å². The van der Waals surface area contributed by atoms with Gasteiger partial charge in [0.1, 0.15) is 11.5 Å². The Balaban J connectivity index is 1.85. The average Bonchev–Trinajstić information content (AvgIpc) is 2.95. The summed E-state index contributed by atoms with van der Waals surface area (Å²) in [6.45, 7) is 2.53. The van der Waals surface area contributed by atoms with Gasteiger partial charge in [-0.25, -0.2) is 18.6 Å². The number of amides is 2. The van der Waals surface area contributed by atoms with Crippen LogP contribution < -0.4 is 20.4 Å². The molecule has 0 saturated heterocycles. The van der Waals surface area contributed by atoms with Gasteiger partial charge in [-0.2, -0.15) is 13.2 Å². The molecule has 0 saturated carbocycles. The second-order valence-electron chi connectivity index (χ2n) is 8.31. The molecule has 1 aliphatic heterocycles. The lowest BCUT2D eigenvalue weighted by molar-refractivity contribution is -0.137. The number of hydrogen-bond donors (Lipinski definition) is 3. The molecule has 3 N–H and O–H groups in total. The zero-order valence-electron chi connectivity index (χ0n) is 20.0. The highest BCUT2D eigenvalue weighted by Crippen LogP contribution is 2.47. The van der Waals surface area contributed by atoms with Gasteiger partial charge in [-0.15, -0.1) is 0 Å². The number of aromatic nitrogens is 1. The Morgan fingerprint density at radius 2 is 1.74 bits per heavy atom. The molecule has 1 aliphatic rings. The first-order valence-electron chi connectivity index (χ1n) is 11.6. The van der Waals surface area contributed by atoms with Crippen molar-refractivity contribution in [2.75, 3.05) is 47.9 Å². The first-order chi connectivity index (χ1) is 18.1. The molecule has 3 aromatic rings. The van der Waals surface area contributed by atoms with Crippen molar-refractivity contribution in [2.45, 2.75) is 13.1 Å². The van der Waals surface area contributed by atoms with Gasteiger partial charge >= 0.3 is 12.2 Å². The summed E-state index contributed by atoms with van der Waals surface area (Å²) in [5.41, 5.74) is -1.72. The molecule has 38 heavy (non-hydrogen) atoms. The summed E-state index contributed by atoms with van der Waals surface area (Å²) in [6.07, 6.45) is -4.10. The Kier molecular flexibility index (Phi) is 8.05. The molecular formula is C25H23ClF5N5O2. The minimum atomic E-state index is -4.71. The topological polar surface area (TPSA) is 80.7 Å². The van der Waals surface area contributed by atoms with E-state index in [9.17, 15) is 18.0 Å². The molecule has 0 radical (unpaired) electrons. The third kappa shape index (κ3) is 5.38. The molecule has 0 bridgehead atoms. The van der Waals surface area contributed by atoms with Gasteiger partial charge in [-0.05, 0) is 37.3 Å². The first kappa shape index (κ1) is 27.6. The second kappa shape index (κ2) is 11.1. The van der Waals surface area contributed by atoms with Crippen molar-refractivity contribution in [2.24, 2.45) is 0 Å². The molecule has 2 aromatic carbocycles. The minimum Gasteiger partial charge on any atom is -0.395 e. The summed E-state index contributed by atoms with van der Waals surface area (Å²) in [5, 5.41) is 14.7. The molecule has 13 heteroatoms. The Bertz CT molecular complexity index is 1330. The van der Waals surface area contributed by atoms with Gasteiger partial charge < -0.3 is 15.7 Å². The Hall–Kier alpha value is -3.48. The normalized spacial score (nSPS) is 13.3. The SMILES string of the molecule is CCN1C(=O)N(c2c(F)cc(NCCNCCO)cc2F)c2cc(Cl)ccc2-c2cc(C(F)(F)F)cnc21. The fourth-order valence-electron chi connectivity index (χ4n) is 4.14. The third-order valence-electron chi connectivity index (χ3n) is 5.84. The number of aliphatic hydroxyl groups is 1. The highest BCUT2D eigenvalue weighted by molar-refractivity contribution is 6.31. The van der Waals surface area contributed by atoms with Gasteiger partial charge in [-0.1, -0.05) is 17.7 Å². The molecule has 0 fully saturated rings. The van der Waals surface area contributed by atoms with Crippen LogP contribution in [0.25, 0.3) is 11.1 Å². The Morgan fingerprint density at radius 1 is 1.03 bits per heavy atom. The zero-order valence-corrected chi connectivity index (χ0v) is 20.8. The number of aliphatic hydroxyl groups excluding tert-OH is 1. The highest BCUT2D eigenvalue weighted by Gasteiger charge is 2.38. The van der Waals surface area contributed by atoms with E-state index in [-0.39, 0.29) is 46.5 Å². The lowest BCUT2D eigenvalue weighted by Gasteiger charge is -2.28. The summed E-state index contributed by atoms with van der Waals surface area (Å²) in [7, 11) is 0. The monoisotopic (exact) mass is 555 g/mol. The van der Waals surface area contributed by atoms with Crippen LogP contribution in [0.5, 0.6) is 0 Å². The molecule has 0 aliphatic carbocycles. The van der Waals surface area contributed by atoms with Crippen molar-refractivity contribution in [3.8, 4) is 11.1 Å². The van der Waals surface area contributed by atoms with Gasteiger partial charge in [-0.3, -0.25) is 9.80 Å². The van der Waals surface area contributed by atoms with Crippen molar-refractivity contribution < 1.29 is 31.9 Å². The third-order valence-corrected chi connectivity index (χ3v) is 6.07. The van der Waals surface area contributed by atoms with Crippen LogP contribution in [0.4, 0.5) is 49.6 Å². The quantitative estimate of drug-likeness (QED) is 0.242. The number of anilines is 4. The zero-order chi connectivity index (χ0) is 27.6. The van der Waals surface area contributed by atoms with Crippen LogP contribution in [0.3, 0.4) is 0 Å². The van der Waals surface area contributed by atoms with E-state index in [1.54, 1.807) is 6.92 Å². The predicted octanol–water partition coefficient (Wildman–Crippen LogP) is 5.79. The Labute approximate surface area is 219 Å². The Morgan fingerprint density at radius 3 is 2.37 bits per heavy atom. The molecule has 0 unspecified atom stereocenters. The fourth-order valence-corrected chi connectivity index (χ4v) is 4.31. The van der Waals surface area contributed by atoms with Crippen molar-refractivity contribution in [3.05, 3.63) is 64.8 Å². The minimum absolute atomic E-state index is 0.0429. The predicted molar refractivity (Wildman–Crippen MR) is 135 cm³/mol. The number of alkyl halides is 3. The number of pyridine rings is 1. The number of nitrogens with zero attached hydrogens (tertiary/aromatic N) is 3. The molecule has 0 spiro atoms. The highest BCUT2D eigenvalue weighted by atomic mass is 35.5. The van der Waals surface area contributed by atoms with E-state index >= 15 is 8.78 Å². The van der Waals surface area contributed by atoms with Crippen LogP contribution in [0.1, 0.15) is 12.5 Å². The number of halogens is 6. The van der Waals surface area contributed by atoms with E-state index in [1.807, 2.05) is 0 Å². The largest absolute Gasteiger partial charge is 0.417 e. The molecule has 7 nitrogen and oxygen atoms in total. The van der Waals surface area contributed by atoms with E-state index in [2.05, 4.69) is 15.6 Å². The summed E-state index contributed by atoms with van der Waals surface area (Å²) < 4.78 is 71.5. The summed E-state index contributed by atoms with van der Waals surface area (Å²) >= 11 is 6.16. The van der Waals surface area contributed by atoms with Crippen LogP contribution in [-0.2, 0) is 6.18 Å². The summed E-state index contributed by atoms with van der Waals surface area (Å²) in [4.78, 5) is 19.4. The van der Waals surface area contributed by atoms with Crippen molar-refractivity contribution in [1.82, 2.24) is 10.3 Å². The van der Waals surface area contributed by atoms with Gasteiger partial charge in [0.05, 0.1) is 17.9 Å². The van der Waals surface area contributed by atoms with Crippen molar-refractivity contribution in [3.63, 3.8) is 0 Å². The van der Waals surface area contributed by atoms with Crippen LogP contribution in [0, 0.1) is 11.6 Å². The molecule has 2 heterocycles. The number of carbonyl (C=O) groups excluding carboxylic acids is 1. The average molecular weight is 556 g/mol. The summed E-state index contributed by atoms with van der Waals surface area (Å²) in [5.74, 6) is -2.26.